The van der Waals surface area contributed by atoms with Gasteiger partial charge in [0.2, 0.25) is 5.91 Å². The van der Waals surface area contributed by atoms with Crippen molar-refractivity contribution >= 4 is 17.6 Å². The second-order valence-electron chi connectivity index (χ2n) is 4.63. The molecule has 1 aromatic carbocycles. The van der Waals surface area contributed by atoms with Crippen LogP contribution >= 0.6 is 0 Å². The predicted molar refractivity (Wildman–Crippen MR) is 77.9 cm³/mol. The molecule has 0 saturated carbocycles. The van der Waals surface area contributed by atoms with Crippen LogP contribution in [-0.2, 0) is 4.79 Å². The predicted octanol–water partition coefficient (Wildman–Crippen LogP) is 1.73. The van der Waals surface area contributed by atoms with Crippen molar-refractivity contribution in [2.75, 3.05) is 12.4 Å². The van der Waals surface area contributed by atoms with Crippen molar-refractivity contribution in [2.24, 2.45) is 0 Å². The smallest absolute Gasteiger partial charge is 0.321 e. The third kappa shape index (κ3) is 5.17. The summed E-state index contributed by atoms with van der Waals surface area (Å²) >= 11 is 0. The molecule has 3 amide bonds. The number of ether oxygens (including phenoxy) is 1. The molecule has 0 aromatic heterocycles. The molecule has 1 rings (SSSR count). The van der Waals surface area contributed by atoms with Crippen molar-refractivity contribution in [3.63, 3.8) is 0 Å². The first-order valence-corrected chi connectivity index (χ1v) is 6.48. The first-order valence-electron chi connectivity index (χ1n) is 6.48. The van der Waals surface area contributed by atoms with Gasteiger partial charge in [0.05, 0.1) is 6.10 Å². The molecule has 0 aliphatic heterocycles. The van der Waals surface area contributed by atoms with Gasteiger partial charge in [0, 0.05) is 12.7 Å². The summed E-state index contributed by atoms with van der Waals surface area (Å²) in [6.07, 6.45) is 0.117. The van der Waals surface area contributed by atoms with Gasteiger partial charge < -0.3 is 15.4 Å². The standard InChI is InChI=1S/C14H21N3O3/c1-9(2)20-12-7-5-11(6-8-12)16-10(3)13(18)17-14(19)15-4/h5-10,16H,1-4H3,(H2,15,17,18,19). The quantitative estimate of drug-likeness (QED) is 0.767. The Morgan fingerprint density at radius 3 is 2.20 bits per heavy atom. The maximum atomic E-state index is 11.7. The van der Waals surface area contributed by atoms with Crippen LogP contribution in [0.1, 0.15) is 20.8 Å². The van der Waals surface area contributed by atoms with Crippen molar-refractivity contribution in [2.45, 2.75) is 32.9 Å². The first-order chi connectivity index (χ1) is 9.42. The van der Waals surface area contributed by atoms with Crippen molar-refractivity contribution < 1.29 is 14.3 Å². The average Bonchev–Trinajstić information content (AvgIpc) is 2.40. The van der Waals surface area contributed by atoms with Crippen LogP contribution in [0.5, 0.6) is 5.75 Å². The number of imide groups is 1. The lowest BCUT2D eigenvalue weighted by Gasteiger charge is -2.15. The zero-order valence-electron chi connectivity index (χ0n) is 12.2. The van der Waals surface area contributed by atoms with E-state index in [1.165, 1.54) is 7.05 Å². The topological polar surface area (TPSA) is 79.5 Å². The largest absolute Gasteiger partial charge is 0.491 e. The Morgan fingerprint density at radius 1 is 1.10 bits per heavy atom. The second kappa shape index (κ2) is 7.37. The molecule has 0 aliphatic carbocycles. The molecule has 0 spiro atoms. The number of rotatable bonds is 5. The number of amides is 3. The van der Waals surface area contributed by atoms with Crippen molar-refractivity contribution in [3.8, 4) is 5.75 Å². The molecule has 1 aromatic rings. The molecule has 110 valence electrons. The second-order valence-corrected chi connectivity index (χ2v) is 4.63. The molecule has 0 aliphatic rings. The number of benzene rings is 1. The van der Waals surface area contributed by atoms with Crippen LogP contribution in [-0.4, -0.2) is 31.1 Å². The Hall–Kier alpha value is -2.24. The molecule has 20 heavy (non-hydrogen) atoms. The minimum absolute atomic E-state index is 0.117. The SMILES string of the molecule is CNC(=O)NC(=O)C(C)Nc1ccc(OC(C)C)cc1. The number of urea groups is 1. The zero-order valence-corrected chi connectivity index (χ0v) is 12.2. The van der Waals surface area contributed by atoms with Gasteiger partial charge in [0.1, 0.15) is 11.8 Å². The van der Waals surface area contributed by atoms with Crippen LogP contribution < -0.4 is 20.7 Å². The lowest BCUT2D eigenvalue weighted by atomic mass is 10.2. The molecule has 6 nitrogen and oxygen atoms in total. The highest BCUT2D eigenvalue weighted by Gasteiger charge is 2.14. The molecule has 0 radical (unpaired) electrons. The van der Waals surface area contributed by atoms with Gasteiger partial charge in [-0.2, -0.15) is 0 Å². The molecule has 1 atom stereocenters. The van der Waals surface area contributed by atoms with Gasteiger partial charge in [-0.3, -0.25) is 10.1 Å². The van der Waals surface area contributed by atoms with Gasteiger partial charge in [0.25, 0.3) is 0 Å². The molecule has 6 heteroatoms. The fourth-order valence-corrected chi connectivity index (χ4v) is 1.50. The van der Waals surface area contributed by atoms with Gasteiger partial charge in [-0.05, 0) is 45.0 Å². The summed E-state index contributed by atoms with van der Waals surface area (Å²) in [6.45, 7) is 5.59. The number of hydrogen-bond acceptors (Lipinski definition) is 4. The third-order valence-electron chi connectivity index (χ3n) is 2.47. The summed E-state index contributed by atoms with van der Waals surface area (Å²) in [6, 6.07) is 6.24. The highest BCUT2D eigenvalue weighted by Crippen LogP contribution is 2.17. The molecule has 0 bridgehead atoms. The molecule has 0 saturated heterocycles. The van der Waals surface area contributed by atoms with E-state index in [1.807, 2.05) is 38.1 Å². The summed E-state index contributed by atoms with van der Waals surface area (Å²) in [7, 11) is 1.45. The van der Waals surface area contributed by atoms with E-state index in [1.54, 1.807) is 6.92 Å². The monoisotopic (exact) mass is 279 g/mol. The number of hydrogen-bond donors (Lipinski definition) is 3. The lowest BCUT2D eigenvalue weighted by molar-refractivity contribution is -0.120. The van der Waals surface area contributed by atoms with Gasteiger partial charge >= 0.3 is 6.03 Å². The van der Waals surface area contributed by atoms with Gasteiger partial charge in [-0.1, -0.05) is 0 Å². The summed E-state index contributed by atoms with van der Waals surface area (Å²) < 4.78 is 5.53. The fraction of sp³-hybridized carbons (Fsp3) is 0.429. The summed E-state index contributed by atoms with van der Waals surface area (Å²) in [5.74, 6) is 0.375. The van der Waals surface area contributed by atoms with Crippen LogP contribution in [0.3, 0.4) is 0 Å². The maximum absolute atomic E-state index is 11.7. The molecule has 0 heterocycles. The van der Waals surface area contributed by atoms with E-state index in [-0.39, 0.29) is 6.10 Å². The number of carbonyl (C=O) groups excluding carboxylic acids is 2. The number of carbonyl (C=O) groups is 2. The molecule has 0 fully saturated rings. The fourth-order valence-electron chi connectivity index (χ4n) is 1.50. The molecule has 1 unspecified atom stereocenters. The third-order valence-corrected chi connectivity index (χ3v) is 2.47. The Labute approximate surface area is 118 Å². The summed E-state index contributed by atoms with van der Waals surface area (Å²) in [5, 5.41) is 7.54. The van der Waals surface area contributed by atoms with Crippen LogP contribution in [0.4, 0.5) is 10.5 Å². The summed E-state index contributed by atoms with van der Waals surface area (Å²) in [5.41, 5.74) is 0.778. The maximum Gasteiger partial charge on any atom is 0.321 e. The van der Waals surface area contributed by atoms with Crippen molar-refractivity contribution in [3.05, 3.63) is 24.3 Å². The highest BCUT2D eigenvalue weighted by molar-refractivity contribution is 5.97. The Balaban J connectivity index is 2.55. The lowest BCUT2D eigenvalue weighted by Crippen LogP contribution is -2.44. The highest BCUT2D eigenvalue weighted by atomic mass is 16.5. The minimum Gasteiger partial charge on any atom is -0.491 e. The minimum atomic E-state index is -0.524. The molecule has 3 N–H and O–H groups in total. The van der Waals surface area contributed by atoms with E-state index in [4.69, 9.17) is 4.74 Å². The summed E-state index contributed by atoms with van der Waals surface area (Å²) in [4.78, 5) is 22.7. The van der Waals surface area contributed by atoms with Crippen molar-refractivity contribution in [1.29, 1.82) is 0 Å². The first kappa shape index (κ1) is 15.8. The Morgan fingerprint density at radius 2 is 1.70 bits per heavy atom. The van der Waals surface area contributed by atoms with E-state index in [0.717, 1.165) is 11.4 Å². The zero-order chi connectivity index (χ0) is 15.1. The number of anilines is 1. The van der Waals surface area contributed by atoms with E-state index in [9.17, 15) is 9.59 Å². The van der Waals surface area contributed by atoms with Gasteiger partial charge in [-0.15, -0.1) is 0 Å². The normalized spacial score (nSPS) is 11.7. The van der Waals surface area contributed by atoms with Crippen molar-refractivity contribution in [1.82, 2.24) is 10.6 Å². The molecular weight excluding hydrogens is 258 g/mol. The van der Waals surface area contributed by atoms with E-state index in [2.05, 4.69) is 16.0 Å². The van der Waals surface area contributed by atoms with Crippen LogP contribution in [0, 0.1) is 0 Å². The van der Waals surface area contributed by atoms with E-state index in [0.29, 0.717) is 0 Å². The van der Waals surface area contributed by atoms with Crippen LogP contribution in [0.15, 0.2) is 24.3 Å². The average molecular weight is 279 g/mol. The van der Waals surface area contributed by atoms with Gasteiger partial charge in [-0.25, -0.2) is 4.79 Å². The van der Waals surface area contributed by atoms with Crippen LogP contribution in [0.25, 0.3) is 0 Å². The van der Waals surface area contributed by atoms with E-state index >= 15 is 0 Å². The number of nitrogens with one attached hydrogen (secondary N) is 3. The molecular formula is C14H21N3O3. The van der Waals surface area contributed by atoms with Gasteiger partial charge in [0.15, 0.2) is 0 Å². The van der Waals surface area contributed by atoms with Crippen LogP contribution in [0.2, 0.25) is 0 Å². The van der Waals surface area contributed by atoms with E-state index < -0.39 is 18.0 Å². The Kier molecular flexibility index (Phi) is 5.83. The Bertz CT molecular complexity index is 457.